The third-order valence-electron chi connectivity index (χ3n) is 4.26. The van der Waals surface area contributed by atoms with E-state index >= 15 is 0 Å². The highest BCUT2D eigenvalue weighted by molar-refractivity contribution is 5.77. The van der Waals surface area contributed by atoms with E-state index in [0.717, 1.165) is 37.9 Å². The van der Waals surface area contributed by atoms with Crippen molar-refractivity contribution in [2.24, 2.45) is 7.05 Å². The van der Waals surface area contributed by atoms with Gasteiger partial charge in [0.1, 0.15) is 17.8 Å². The van der Waals surface area contributed by atoms with Gasteiger partial charge in [0.15, 0.2) is 5.82 Å². The number of halogens is 1. The molecule has 8 nitrogen and oxygen atoms in total. The summed E-state index contributed by atoms with van der Waals surface area (Å²) in [6.45, 7) is 3.74. The van der Waals surface area contributed by atoms with Gasteiger partial charge in [0.2, 0.25) is 5.95 Å². The van der Waals surface area contributed by atoms with Gasteiger partial charge in [-0.05, 0) is 39.1 Å². The van der Waals surface area contributed by atoms with Gasteiger partial charge in [0, 0.05) is 32.0 Å². The van der Waals surface area contributed by atoms with Crippen LogP contribution in [0.1, 0.15) is 22.6 Å². The van der Waals surface area contributed by atoms with Gasteiger partial charge in [-0.3, -0.25) is 4.79 Å². The molecular formula is C21H27FN6O2. The second-order valence-corrected chi connectivity index (χ2v) is 6.46. The largest absolute Gasteiger partial charge is 0.385 e. The predicted octanol–water partition coefficient (Wildman–Crippen LogP) is 3.12. The first-order chi connectivity index (χ1) is 14.5. The number of hydrogen-bond acceptors (Lipinski definition) is 7. The third kappa shape index (κ3) is 6.43. The summed E-state index contributed by atoms with van der Waals surface area (Å²) in [7, 11) is 5.45. The van der Waals surface area contributed by atoms with Crippen LogP contribution in [-0.4, -0.2) is 53.1 Å². The molecule has 1 aromatic carbocycles. The number of hydrogen-bond donors (Lipinski definition) is 2. The highest BCUT2D eigenvalue weighted by Gasteiger charge is 2.14. The van der Waals surface area contributed by atoms with Crippen LogP contribution < -0.4 is 10.6 Å². The van der Waals surface area contributed by atoms with Crippen LogP contribution in [0.4, 0.5) is 16.0 Å². The second-order valence-electron chi connectivity index (χ2n) is 6.46. The zero-order chi connectivity index (χ0) is 21.9. The minimum absolute atomic E-state index is 0.164. The van der Waals surface area contributed by atoms with Crippen LogP contribution >= 0.6 is 0 Å². The van der Waals surface area contributed by atoms with Crippen molar-refractivity contribution in [1.29, 1.82) is 0 Å². The number of aryl methyl sites for hydroxylation is 1. The minimum atomic E-state index is -0.528. The Kier molecular flexibility index (Phi) is 9.04. The Morgan fingerprint density at radius 2 is 2.07 bits per heavy atom. The lowest BCUT2D eigenvalue weighted by Crippen LogP contribution is -2.09. The lowest BCUT2D eigenvalue weighted by Gasteiger charge is -2.08. The van der Waals surface area contributed by atoms with Crippen LogP contribution in [0.25, 0.3) is 11.4 Å². The maximum absolute atomic E-state index is 14.1. The van der Waals surface area contributed by atoms with E-state index in [1.807, 2.05) is 14.0 Å². The summed E-state index contributed by atoms with van der Waals surface area (Å²) < 4.78 is 20.6. The maximum Gasteiger partial charge on any atom is 0.227 e. The topological polar surface area (TPSA) is 94.0 Å². The maximum atomic E-state index is 14.1. The lowest BCUT2D eigenvalue weighted by atomic mass is 10.2. The summed E-state index contributed by atoms with van der Waals surface area (Å²) >= 11 is 0. The molecule has 0 aliphatic carbocycles. The molecular weight excluding hydrogens is 387 g/mol. The molecule has 9 heteroatoms. The number of carbonyl (C=O) groups is 1. The van der Waals surface area contributed by atoms with Crippen molar-refractivity contribution in [3.8, 4) is 11.4 Å². The molecule has 2 heterocycles. The summed E-state index contributed by atoms with van der Waals surface area (Å²) in [6, 6.07) is 6.86. The van der Waals surface area contributed by atoms with E-state index in [0.29, 0.717) is 16.9 Å². The van der Waals surface area contributed by atoms with E-state index in [9.17, 15) is 9.18 Å². The number of carbonyl (C=O) groups excluding carboxylic acids is 1. The van der Waals surface area contributed by atoms with Gasteiger partial charge in [-0.15, -0.1) is 0 Å². The van der Waals surface area contributed by atoms with Crippen molar-refractivity contribution in [3.05, 3.63) is 53.9 Å². The number of imidazole rings is 1. The van der Waals surface area contributed by atoms with E-state index in [1.165, 1.54) is 0 Å². The van der Waals surface area contributed by atoms with Gasteiger partial charge in [-0.25, -0.2) is 19.3 Å². The normalized spacial score (nSPS) is 10.3. The zero-order valence-corrected chi connectivity index (χ0v) is 17.6. The molecule has 0 aliphatic heterocycles. The number of anilines is 2. The van der Waals surface area contributed by atoms with Crippen LogP contribution in [0.3, 0.4) is 0 Å². The number of aldehydes is 1. The van der Waals surface area contributed by atoms with Crippen molar-refractivity contribution < 1.29 is 13.9 Å². The van der Waals surface area contributed by atoms with Crippen LogP contribution in [0.5, 0.6) is 0 Å². The molecule has 0 fully saturated rings. The van der Waals surface area contributed by atoms with Crippen molar-refractivity contribution >= 4 is 17.9 Å². The minimum Gasteiger partial charge on any atom is -0.385 e. The standard InChI is InChI=1S/C16H14FN5O.C5H13NO/c1-10-18-8-14(22(10)2)15-13(17)7-19-16(21-15)20-12-5-3-4-11(6-12)9-23;1-6-4-3-5-7-2/h3-9H,1-2H3,(H,19,20,21);6H,3-5H2,1-2H3. The molecule has 0 bridgehead atoms. The molecule has 3 aromatic rings. The SMILES string of the molecule is CNCCCOC.Cc1ncc(-c2nc(Nc3cccc(C=O)c3)ncc2F)n1C. The van der Waals surface area contributed by atoms with Crippen molar-refractivity contribution in [2.45, 2.75) is 13.3 Å². The van der Waals surface area contributed by atoms with Crippen molar-refractivity contribution in [1.82, 2.24) is 24.8 Å². The highest BCUT2D eigenvalue weighted by atomic mass is 19.1. The molecule has 30 heavy (non-hydrogen) atoms. The van der Waals surface area contributed by atoms with Crippen LogP contribution in [0, 0.1) is 12.7 Å². The molecule has 2 aromatic heterocycles. The average Bonchev–Trinajstić information content (AvgIpc) is 3.09. The first-order valence-electron chi connectivity index (χ1n) is 9.47. The molecule has 3 rings (SSSR count). The zero-order valence-electron chi connectivity index (χ0n) is 17.6. The average molecular weight is 414 g/mol. The van der Waals surface area contributed by atoms with Gasteiger partial charge in [0.05, 0.1) is 18.1 Å². The summed E-state index contributed by atoms with van der Waals surface area (Å²) in [5, 5.41) is 5.99. The molecule has 0 aliphatic rings. The van der Waals surface area contributed by atoms with Crippen LogP contribution in [0.15, 0.2) is 36.7 Å². The quantitative estimate of drug-likeness (QED) is 0.432. The van der Waals surface area contributed by atoms with Gasteiger partial charge >= 0.3 is 0 Å². The summed E-state index contributed by atoms with van der Waals surface area (Å²) in [5.74, 6) is 0.467. The monoisotopic (exact) mass is 414 g/mol. The number of ether oxygens (including phenoxy) is 1. The third-order valence-corrected chi connectivity index (χ3v) is 4.26. The van der Waals surface area contributed by atoms with Gasteiger partial charge < -0.3 is 19.9 Å². The second kappa shape index (κ2) is 11.7. The summed E-state index contributed by atoms with van der Waals surface area (Å²) in [6.07, 6.45) is 4.53. The fraction of sp³-hybridized carbons (Fsp3) is 0.333. The lowest BCUT2D eigenvalue weighted by molar-refractivity contribution is 0.112. The number of nitrogens with one attached hydrogen (secondary N) is 2. The molecule has 0 saturated heterocycles. The predicted molar refractivity (Wildman–Crippen MR) is 114 cm³/mol. The van der Waals surface area contributed by atoms with E-state index < -0.39 is 5.82 Å². The molecule has 0 unspecified atom stereocenters. The molecule has 2 N–H and O–H groups in total. The summed E-state index contributed by atoms with van der Waals surface area (Å²) in [5.41, 5.74) is 1.90. The molecule has 0 amide bonds. The fourth-order valence-corrected chi connectivity index (χ4v) is 2.54. The number of nitrogens with zero attached hydrogens (tertiary/aromatic N) is 4. The molecule has 160 valence electrons. The molecule has 0 atom stereocenters. The number of benzene rings is 1. The molecule has 0 radical (unpaired) electrons. The van der Waals surface area contributed by atoms with Crippen molar-refractivity contribution in [2.75, 3.05) is 32.6 Å². The Morgan fingerprint density at radius 3 is 2.70 bits per heavy atom. The highest BCUT2D eigenvalue weighted by Crippen LogP contribution is 2.23. The molecule has 0 spiro atoms. The van der Waals surface area contributed by atoms with Gasteiger partial charge in [-0.1, -0.05) is 12.1 Å². The van der Waals surface area contributed by atoms with E-state index in [-0.39, 0.29) is 11.6 Å². The molecule has 0 saturated carbocycles. The Labute approximate surface area is 175 Å². The van der Waals surface area contributed by atoms with E-state index in [2.05, 4.69) is 25.6 Å². The number of rotatable bonds is 8. The van der Waals surface area contributed by atoms with E-state index in [1.54, 1.807) is 49.2 Å². The van der Waals surface area contributed by atoms with Crippen molar-refractivity contribution in [3.63, 3.8) is 0 Å². The number of methoxy groups -OCH3 is 1. The number of aromatic nitrogens is 4. The van der Waals surface area contributed by atoms with Crippen LogP contribution in [-0.2, 0) is 11.8 Å². The fourth-order valence-electron chi connectivity index (χ4n) is 2.54. The van der Waals surface area contributed by atoms with Crippen LogP contribution in [0.2, 0.25) is 0 Å². The summed E-state index contributed by atoms with van der Waals surface area (Å²) in [4.78, 5) is 23.1. The Bertz CT molecular complexity index is 956. The Hall–Kier alpha value is -3.17. The smallest absolute Gasteiger partial charge is 0.227 e. The van der Waals surface area contributed by atoms with Gasteiger partial charge in [-0.2, -0.15) is 0 Å². The Balaban J connectivity index is 0.000000396. The first-order valence-corrected chi connectivity index (χ1v) is 9.47. The van der Waals surface area contributed by atoms with E-state index in [4.69, 9.17) is 4.74 Å². The Morgan fingerprint density at radius 1 is 1.27 bits per heavy atom. The van der Waals surface area contributed by atoms with Gasteiger partial charge in [0.25, 0.3) is 0 Å². The first kappa shape index (κ1) is 23.1.